The van der Waals surface area contributed by atoms with Crippen LogP contribution in [0.3, 0.4) is 0 Å². The molecule has 154 valence electrons. The molecule has 1 heterocycles. The molecule has 0 aliphatic heterocycles. The Morgan fingerprint density at radius 2 is 1.70 bits per heavy atom. The van der Waals surface area contributed by atoms with Gasteiger partial charge in [0.1, 0.15) is 17.8 Å². The van der Waals surface area contributed by atoms with Crippen LogP contribution in [-0.4, -0.2) is 40.2 Å². The first-order valence-corrected chi connectivity index (χ1v) is 8.51. The summed E-state index contributed by atoms with van der Waals surface area (Å²) in [5.41, 5.74) is 0.525. The fourth-order valence-corrected chi connectivity index (χ4v) is 2.61. The van der Waals surface area contributed by atoms with Crippen molar-refractivity contribution in [1.29, 1.82) is 0 Å². The maximum Gasteiger partial charge on any atom is 0.353 e. The number of aromatic carboxylic acids is 1. The van der Waals surface area contributed by atoms with Crippen LogP contribution in [0.4, 0.5) is 28.7 Å². The van der Waals surface area contributed by atoms with Crippen LogP contribution in [-0.2, 0) is 0 Å². The van der Waals surface area contributed by atoms with E-state index in [-0.39, 0.29) is 17.2 Å². The first-order valence-electron chi connectivity index (χ1n) is 8.51. The molecular formula is C19H17N5O6. The van der Waals surface area contributed by atoms with E-state index in [0.29, 0.717) is 22.9 Å². The van der Waals surface area contributed by atoms with Gasteiger partial charge in [-0.1, -0.05) is 0 Å². The summed E-state index contributed by atoms with van der Waals surface area (Å²) < 4.78 is 10.5. The lowest BCUT2D eigenvalue weighted by atomic mass is 10.2. The van der Waals surface area contributed by atoms with Crippen LogP contribution < -0.4 is 20.1 Å². The van der Waals surface area contributed by atoms with Gasteiger partial charge >= 0.3 is 11.7 Å². The lowest BCUT2D eigenvalue weighted by Gasteiger charge is -2.13. The van der Waals surface area contributed by atoms with Gasteiger partial charge in [-0.2, -0.15) is 0 Å². The average Bonchev–Trinajstić information content (AvgIpc) is 2.74. The molecule has 0 radical (unpaired) electrons. The summed E-state index contributed by atoms with van der Waals surface area (Å²) >= 11 is 0. The zero-order chi connectivity index (χ0) is 21.7. The molecule has 0 bridgehead atoms. The Hall–Kier alpha value is -4.41. The first kappa shape index (κ1) is 20.3. The van der Waals surface area contributed by atoms with Crippen molar-refractivity contribution in [3.63, 3.8) is 0 Å². The molecule has 11 nitrogen and oxygen atoms in total. The normalized spacial score (nSPS) is 10.2. The number of rotatable bonds is 8. The molecule has 1 aromatic heterocycles. The standard InChI is InChI=1S/C19H17N5O6/c1-29-13-7-8-15(30-2)14(9-13)23-18-16(24(27)28)17(20-10-21-18)22-12-5-3-11(4-6-12)19(25)26/h3-10H,1-2H3,(H,25,26)(H2,20,21,22,23). The molecule has 0 amide bonds. The molecule has 0 aliphatic carbocycles. The van der Waals surface area contributed by atoms with Gasteiger partial charge in [0, 0.05) is 11.8 Å². The number of ether oxygens (including phenoxy) is 2. The van der Waals surface area contributed by atoms with E-state index in [1.807, 2.05) is 0 Å². The molecule has 0 unspecified atom stereocenters. The Morgan fingerprint density at radius 1 is 1.03 bits per heavy atom. The quantitative estimate of drug-likeness (QED) is 0.371. The molecule has 0 aliphatic rings. The summed E-state index contributed by atoms with van der Waals surface area (Å²) in [5, 5.41) is 26.4. The Morgan fingerprint density at radius 3 is 2.27 bits per heavy atom. The van der Waals surface area contributed by atoms with Crippen LogP contribution in [0.25, 0.3) is 0 Å². The van der Waals surface area contributed by atoms with E-state index in [1.54, 1.807) is 18.2 Å². The number of anilines is 4. The van der Waals surface area contributed by atoms with Crippen molar-refractivity contribution >= 4 is 34.7 Å². The molecule has 0 atom stereocenters. The Labute approximate surface area is 170 Å². The number of benzene rings is 2. The maximum absolute atomic E-state index is 11.8. The van der Waals surface area contributed by atoms with Gasteiger partial charge in [0.2, 0.25) is 11.6 Å². The van der Waals surface area contributed by atoms with E-state index in [0.717, 1.165) is 6.33 Å². The number of methoxy groups -OCH3 is 2. The van der Waals surface area contributed by atoms with Crippen LogP contribution in [0.2, 0.25) is 0 Å². The summed E-state index contributed by atoms with van der Waals surface area (Å²) in [4.78, 5) is 30.0. The fraction of sp³-hybridized carbons (Fsp3) is 0.105. The van der Waals surface area contributed by atoms with E-state index in [1.165, 1.54) is 38.5 Å². The summed E-state index contributed by atoms with van der Waals surface area (Å²) in [5.74, 6) is -0.253. The molecule has 0 saturated heterocycles. The van der Waals surface area contributed by atoms with Crippen molar-refractivity contribution < 1.29 is 24.3 Å². The van der Waals surface area contributed by atoms with Crippen molar-refractivity contribution in [2.45, 2.75) is 0 Å². The van der Waals surface area contributed by atoms with E-state index in [9.17, 15) is 14.9 Å². The number of carboxylic acid groups (broad SMARTS) is 1. The minimum absolute atomic E-state index is 0.0637. The van der Waals surface area contributed by atoms with Crippen molar-refractivity contribution in [1.82, 2.24) is 9.97 Å². The third kappa shape index (κ3) is 4.35. The molecule has 11 heteroatoms. The molecular weight excluding hydrogens is 394 g/mol. The predicted molar refractivity (Wildman–Crippen MR) is 108 cm³/mol. The zero-order valence-corrected chi connectivity index (χ0v) is 15.9. The predicted octanol–water partition coefficient (Wildman–Crippen LogP) is 3.59. The zero-order valence-electron chi connectivity index (χ0n) is 15.9. The Bertz CT molecular complexity index is 1090. The second-order valence-electron chi connectivity index (χ2n) is 5.88. The Balaban J connectivity index is 1.97. The van der Waals surface area contributed by atoms with Gasteiger partial charge in [-0.3, -0.25) is 10.1 Å². The van der Waals surface area contributed by atoms with Gasteiger partial charge in [0.15, 0.2) is 0 Å². The van der Waals surface area contributed by atoms with Crippen LogP contribution in [0.1, 0.15) is 10.4 Å². The smallest absolute Gasteiger partial charge is 0.353 e. The molecule has 3 N–H and O–H groups in total. The van der Waals surface area contributed by atoms with E-state index in [4.69, 9.17) is 14.6 Å². The van der Waals surface area contributed by atoms with Crippen LogP contribution in [0.5, 0.6) is 11.5 Å². The second kappa shape index (κ2) is 8.73. The van der Waals surface area contributed by atoms with Gasteiger partial charge in [0.05, 0.1) is 30.4 Å². The SMILES string of the molecule is COc1ccc(OC)c(Nc2ncnc(Nc3ccc(C(=O)O)cc3)c2[N+](=O)[O-])c1. The average molecular weight is 411 g/mol. The van der Waals surface area contributed by atoms with Crippen LogP contribution in [0.15, 0.2) is 48.8 Å². The number of nitrogens with zero attached hydrogens (tertiary/aromatic N) is 3. The number of carbonyl (C=O) groups is 1. The highest BCUT2D eigenvalue weighted by Gasteiger charge is 2.24. The van der Waals surface area contributed by atoms with Crippen molar-refractivity contribution in [3.8, 4) is 11.5 Å². The van der Waals surface area contributed by atoms with Crippen molar-refractivity contribution in [2.75, 3.05) is 24.9 Å². The third-order valence-electron chi connectivity index (χ3n) is 4.06. The van der Waals surface area contributed by atoms with Crippen molar-refractivity contribution in [2.24, 2.45) is 0 Å². The Kier molecular flexibility index (Phi) is 5.92. The molecule has 3 rings (SSSR count). The number of nitro groups is 1. The molecule has 0 fully saturated rings. The maximum atomic E-state index is 11.8. The highest BCUT2D eigenvalue weighted by atomic mass is 16.6. The number of nitrogens with one attached hydrogen (secondary N) is 2. The number of hydrogen-bond acceptors (Lipinski definition) is 9. The monoisotopic (exact) mass is 411 g/mol. The second-order valence-corrected chi connectivity index (χ2v) is 5.88. The molecule has 2 aromatic carbocycles. The molecule has 0 spiro atoms. The van der Waals surface area contributed by atoms with E-state index in [2.05, 4.69) is 20.6 Å². The molecule has 3 aromatic rings. The largest absolute Gasteiger partial charge is 0.497 e. The van der Waals surface area contributed by atoms with Crippen molar-refractivity contribution in [3.05, 3.63) is 64.5 Å². The highest BCUT2D eigenvalue weighted by molar-refractivity contribution is 5.88. The minimum Gasteiger partial charge on any atom is -0.497 e. The van der Waals surface area contributed by atoms with Gasteiger partial charge in [0.25, 0.3) is 0 Å². The molecule has 0 saturated carbocycles. The number of carboxylic acids is 1. The third-order valence-corrected chi connectivity index (χ3v) is 4.06. The lowest BCUT2D eigenvalue weighted by Crippen LogP contribution is -2.06. The molecule has 30 heavy (non-hydrogen) atoms. The van der Waals surface area contributed by atoms with Gasteiger partial charge in [-0.05, 0) is 36.4 Å². The van der Waals surface area contributed by atoms with Gasteiger partial charge in [-0.25, -0.2) is 14.8 Å². The summed E-state index contributed by atoms with van der Waals surface area (Å²) in [7, 11) is 2.96. The lowest BCUT2D eigenvalue weighted by molar-refractivity contribution is -0.383. The minimum atomic E-state index is -1.08. The van der Waals surface area contributed by atoms with Crippen LogP contribution in [0, 0.1) is 10.1 Å². The number of aromatic nitrogens is 2. The highest BCUT2D eigenvalue weighted by Crippen LogP contribution is 2.36. The topological polar surface area (TPSA) is 149 Å². The summed E-state index contributed by atoms with van der Waals surface area (Å²) in [6.45, 7) is 0. The summed E-state index contributed by atoms with van der Waals surface area (Å²) in [6, 6.07) is 10.7. The van der Waals surface area contributed by atoms with Gasteiger partial charge < -0.3 is 25.2 Å². The van der Waals surface area contributed by atoms with E-state index >= 15 is 0 Å². The van der Waals surface area contributed by atoms with Crippen LogP contribution >= 0.6 is 0 Å². The van der Waals surface area contributed by atoms with Gasteiger partial charge in [-0.15, -0.1) is 0 Å². The number of hydrogen-bond donors (Lipinski definition) is 3. The fourth-order valence-electron chi connectivity index (χ4n) is 2.61. The van der Waals surface area contributed by atoms with E-state index < -0.39 is 16.6 Å². The summed E-state index contributed by atoms with van der Waals surface area (Å²) in [6.07, 6.45) is 1.16. The first-order chi connectivity index (χ1) is 14.4.